The molecular weight excluding hydrogens is 302 g/mol. The summed E-state index contributed by atoms with van der Waals surface area (Å²) in [6.45, 7) is 2.30. The Balaban J connectivity index is 4.30. The molecule has 0 aromatic heterocycles. The van der Waals surface area contributed by atoms with Gasteiger partial charge in [0.2, 0.25) is 11.8 Å². The Kier molecular flexibility index (Phi) is 11.2. The summed E-state index contributed by atoms with van der Waals surface area (Å²) >= 11 is 0. The standard InChI is InChI=1S/C14H27N5O4/c1-2-3-4-5-6-7-8-19(9-11(20)17-13(15)22)10-12(21)18-14(16)23/h2-10H2,1H3,(H3,15,17,20,22)(H3,16,18,21,23). The molecule has 0 radical (unpaired) electrons. The van der Waals surface area contributed by atoms with E-state index in [4.69, 9.17) is 11.5 Å². The van der Waals surface area contributed by atoms with Gasteiger partial charge in [-0.25, -0.2) is 9.59 Å². The predicted octanol–water partition coefficient (Wildman–Crippen LogP) is 0.0387. The first kappa shape index (κ1) is 20.8. The third kappa shape index (κ3) is 13.2. The Morgan fingerprint density at radius 1 is 0.783 bits per heavy atom. The number of unbranched alkanes of at least 4 members (excludes halogenated alkanes) is 5. The smallest absolute Gasteiger partial charge is 0.318 e. The molecule has 6 N–H and O–H groups in total. The van der Waals surface area contributed by atoms with Crippen molar-refractivity contribution in [3.8, 4) is 0 Å². The van der Waals surface area contributed by atoms with E-state index in [-0.39, 0.29) is 13.1 Å². The van der Waals surface area contributed by atoms with Crippen LogP contribution in [0.4, 0.5) is 9.59 Å². The van der Waals surface area contributed by atoms with Gasteiger partial charge >= 0.3 is 12.1 Å². The van der Waals surface area contributed by atoms with Crippen LogP contribution < -0.4 is 22.1 Å². The van der Waals surface area contributed by atoms with Gasteiger partial charge in [0.1, 0.15) is 0 Å². The third-order valence-electron chi connectivity index (χ3n) is 3.09. The highest BCUT2D eigenvalue weighted by Gasteiger charge is 2.16. The van der Waals surface area contributed by atoms with Crippen LogP contribution in [0, 0.1) is 0 Å². The molecule has 0 aromatic carbocycles. The van der Waals surface area contributed by atoms with Crippen molar-refractivity contribution in [3.05, 3.63) is 0 Å². The second-order valence-electron chi connectivity index (χ2n) is 5.30. The van der Waals surface area contributed by atoms with Crippen molar-refractivity contribution in [2.24, 2.45) is 11.5 Å². The molecule has 0 unspecified atom stereocenters. The number of primary amides is 2. The molecule has 23 heavy (non-hydrogen) atoms. The van der Waals surface area contributed by atoms with Gasteiger partial charge in [-0.1, -0.05) is 39.0 Å². The van der Waals surface area contributed by atoms with Gasteiger partial charge in [0.15, 0.2) is 0 Å². The molecule has 6 amide bonds. The molecule has 0 fully saturated rings. The van der Waals surface area contributed by atoms with Crippen molar-refractivity contribution in [1.82, 2.24) is 15.5 Å². The Bertz CT molecular complexity index is 384. The normalized spacial score (nSPS) is 10.3. The molecule has 0 rings (SSSR count). The summed E-state index contributed by atoms with van der Waals surface area (Å²) in [6, 6.07) is -1.90. The summed E-state index contributed by atoms with van der Waals surface area (Å²) in [6.07, 6.45) is 6.37. The van der Waals surface area contributed by atoms with Gasteiger partial charge in [0, 0.05) is 0 Å². The lowest BCUT2D eigenvalue weighted by atomic mass is 10.1. The van der Waals surface area contributed by atoms with Crippen LogP contribution in [0.1, 0.15) is 45.4 Å². The van der Waals surface area contributed by atoms with E-state index in [0.717, 1.165) is 32.1 Å². The van der Waals surface area contributed by atoms with E-state index in [2.05, 4.69) is 6.92 Å². The number of imide groups is 2. The molecule has 0 saturated carbocycles. The Labute approximate surface area is 136 Å². The third-order valence-corrected chi connectivity index (χ3v) is 3.09. The van der Waals surface area contributed by atoms with E-state index in [0.29, 0.717) is 6.54 Å². The highest BCUT2D eigenvalue weighted by Crippen LogP contribution is 2.06. The second-order valence-corrected chi connectivity index (χ2v) is 5.30. The average Bonchev–Trinajstić information content (AvgIpc) is 2.40. The van der Waals surface area contributed by atoms with Gasteiger partial charge in [-0.3, -0.25) is 25.1 Å². The number of nitrogens with two attached hydrogens (primary N) is 2. The number of nitrogens with one attached hydrogen (secondary N) is 2. The molecule has 0 aliphatic heterocycles. The maximum Gasteiger partial charge on any atom is 0.318 e. The molecule has 0 aliphatic carbocycles. The Morgan fingerprint density at radius 3 is 1.65 bits per heavy atom. The SMILES string of the molecule is CCCCCCCCN(CC(=O)NC(N)=O)CC(=O)NC(N)=O. The van der Waals surface area contributed by atoms with Gasteiger partial charge < -0.3 is 11.5 Å². The minimum Gasteiger partial charge on any atom is -0.351 e. The fraction of sp³-hybridized carbons (Fsp3) is 0.714. The lowest BCUT2D eigenvalue weighted by Gasteiger charge is -2.20. The second kappa shape index (κ2) is 12.4. The molecule has 0 spiro atoms. The summed E-state index contributed by atoms with van der Waals surface area (Å²) in [7, 11) is 0. The number of hydrogen-bond acceptors (Lipinski definition) is 5. The average molecular weight is 329 g/mol. The summed E-state index contributed by atoms with van der Waals surface area (Å²) in [5, 5.41) is 3.88. The van der Waals surface area contributed by atoms with Crippen LogP contribution in [0.5, 0.6) is 0 Å². The number of urea groups is 2. The first-order valence-electron chi connectivity index (χ1n) is 7.76. The molecule has 0 bridgehead atoms. The summed E-state index contributed by atoms with van der Waals surface area (Å²) in [5.41, 5.74) is 9.75. The quantitative estimate of drug-likeness (QED) is 0.395. The van der Waals surface area contributed by atoms with Crippen molar-refractivity contribution >= 4 is 23.9 Å². The van der Waals surface area contributed by atoms with E-state index >= 15 is 0 Å². The highest BCUT2D eigenvalue weighted by atomic mass is 16.2. The molecule has 0 heterocycles. The predicted molar refractivity (Wildman–Crippen MR) is 85.3 cm³/mol. The molecular formula is C14H27N5O4. The molecule has 9 heteroatoms. The number of carbonyl (C=O) groups excluding carboxylic acids is 4. The lowest BCUT2D eigenvalue weighted by Crippen LogP contribution is -2.47. The highest BCUT2D eigenvalue weighted by molar-refractivity contribution is 5.96. The minimum absolute atomic E-state index is 0.163. The van der Waals surface area contributed by atoms with E-state index in [1.54, 1.807) is 0 Å². The number of rotatable bonds is 11. The zero-order valence-corrected chi connectivity index (χ0v) is 13.6. The molecule has 0 aliphatic rings. The maximum atomic E-state index is 11.6. The van der Waals surface area contributed by atoms with Crippen molar-refractivity contribution in [2.75, 3.05) is 19.6 Å². The van der Waals surface area contributed by atoms with Crippen molar-refractivity contribution < 1.29 is 19.2 Å². The summed E-state index contributed by atoms with van der Waals surface area (Å²) in [5.74, 6) is -1.20. The van der Waals surface area contributed by atoms with Crippen molar-refractivity contribution in [3.63, 3.8) is 0 Å². The van der Waals surface area contributed by atoms with Gasteiger partial charge in [-0.05, 0) is 13.0 Å². The van der Waals surface area contributed by atoms with Crippen LogP contribution in [0.25, 0.3) is 0 Å². The van der Waals surface area contributed by atoms with Gasteiger partial charge in [0.05, 0.1) is 13.1 Å². The first-order chi connectivity index (χ1) is 10.8. The van der Waals surface area contributed by atoms with E-state index in [9.17, 15) is 19.2 Å². The summed E-state index contributed by atoms with van der Waals surface area (Å²) < 4.78 is 0. The minimum atomic E-state index is -0.948. The van der Waals surface area contributed by atoms with E-state index in [1.165, 1.54) is 11.3 Å². The van der Waals surface area contributed by atoms with E-state index in [1.807, 2.05) is 10.6 Å². The first-order valence-corrected chi connectivity index (χ1v) is 7.76. The zero-order valence-electron chi connectivity index (χ0n) is 13.6. The fourth-order valence-electron chi connectivity index (χ4n) is 2.09. The zero-order chi connectivity index (χ0) is 17.7. The molecule has 0 aromatic rings. The van der Waals surface area contributed by atoms with Crippen LogP contribution in [0.2, 0.25) is 0 Å². The number of carbonyl (C=O) groups is 4. The number of amides is 6. The van der Waals surface area contributed by atoms with Crippen LogP contribution in [0.3, 0.4) is 0 Å². The largest absolute Gasteiger partial charge is 0.351 e. The topological polar surface area (TPSA) is 148 Å². The maximum absolute atomic E-state index is 11.6. The van der Waals surface area contributed by atoms with E-state index < -0.39 is 23.9 Å². The van der Waals surface area contributed by atoms with Gasteiger partial charge in [-0.2, -0.15) is 0 Å². The Morgan fingerprint density at radius 2 is 1.22 bits per heavy atom. The van der Waals surface area contributed by atoms with Crippen LogP contribution in [0.15, 0.2) is 0 Å². The molecule has 0 atom stereocenters. The molecule has 0 saturated heterocycles. The van der Waals surface area contributed by atoms with Crippen LogP contribution in [-0.4, -0.2) is 48.4 Å². The van der Waals surface area contributed by atoms with Crippen molar-refractivity contribution in [1.29, 1.82) is 0 Å². The molecule has 132 valence electrons. The molecule has 9 nitrogen and oxygen atoms in total. The fourth-order valence-corrected chi connectivity index (χ4v) is 2.09. The van der Waals surface area contributed by atoms with Gasteiger partial charge in [0.25, 0.3) is 0 Å². The Hall–Kier alpha value is -2.16. The number of nitrogens with zero attached hydrogens (tertiary/aromatic N) is 1. The monoisotopic (exact) mass is 329 g/mol. The van der Waals surface area contributed by atoms with Gasteiger partial charge in [-0.15, -0.1) is 0 Å². The van der Waals surface area contributed by atoms with Crippen LogP contribution in [-0.2, 0) is 9.59 Å². The summed E-state index contributed by atoms with van der Waals surface area (Å²) in [4.78, 5) is 46.0. The lowest BCUT2D eigenvalue weighted by molar-refractivity contribution is -0.123. The van der Waals surface area contributed by atoms with Crippen LogP contribution >= 0.6 is 0 Å². The van der Waals surface area contributed by atoms with Crippen molar-refractivity contribution in [2.45, 2.75) is 45.4 Å². The number of hydrogen-bond donors (Lipinski definition) is 4.